The molecule has 0 radical (unpaired) electrons. The first-order chi connectivity index (χ1) is 12.3. The molecule has 4 rings (SSSR count). The minimum Gasteiger partial charge on any atom is -0.353 e. The monoisotopic (exact) mass is 336 g/mol. The van der Waals surface area contributed by atoms with Gasteiger partial charge in [-0.3, -0.25) is 4.79 Å². The summed E-state index contributed by atoms with van der Waals surface area (Å²) in [6.07, 6.45) is 9.35. The molecule has 0 saturated carbocycles. The van der Waals surface area contributed by atoms with Gasteiger partial charge < -0.3 is 18.9 Å². The van der Waals surface area contributed by atoms with Crippen LogP contribution in [0.3, 0.4) is 0 Å². The summed E-state index contributed by atoms with van der Waals surface area (Å²) in [5, 5.41) is 0. The molecule has 4 heterocycles. The highest BCUT2D eigenvalue weighted by Gasteiger charge is 2.22. The third kappa shape index (κ3) is 3.40. The van der Waals surface area contributed by atoms with E-state index in [1.165, 1.54) is 0 Å². The summed E-state index contributed by atoms with van der Waals surface area (Å²) >= 11 is 0. The molecular formula is C18H20N6O. The summed E-state index contributed by atoms with van der Waals surface area (Å²) in [6.45, 7) is 3.38. The van der Waals surface area contributed by atoms with Crippen LogP contribution in [0, 0.1) is 0 Å². The highest BCUT2D eigenvalue weighted by molar-refractivity contribution is 5.76. The van der Waals surface area contributed by atoms with Gasteiger partial charge in [-0.05, 0) is 24.3 Å². The SMILES string of the molecule is O=C(Cn1cccc1)N1CCN(c2cc(-n3cccc3)ncn2)CC1. The largest absolute Gasteiger partial charge is 0.353 e. The molecule has 1 saturated heterocycles. The van der Waals surface area contributed by atoms with Crippen LogP contribution in [-0.2, 0) is 11.3 Å². The Morgan fingerprint density at radius 3 is 2.24 bits per heavy atom. The van der Waals surface area contributed by atoms with Gasteiger partial charge in [-0.2, -0.15) is 0 Å². The van der Waals surface area contributed by atoms with Crippen molar-refractivity contribution in [3.8, 4) is 5.82 Å². The summed E-state index contributed by atoms with van der Waals surface area (Å²) in [5.41, 5.74) is 0. The lowest BCUT2D eigenvalue weighted by Crippen LogP contribution is -2.49. The highest BCUT2D eigenvalue weighted by Crippen LogP contribution is 2.16. The van der Waals surface area contributed by atoms with Crippen molar-refractivity contribution in [3.63, 3.8) is 0 Å². The average molecular weight is 336 g/mol. The first kappa shape index (κ1) is 15.4. The number of carbonyl (C=O) groups excluding carboxylic acids is 1. The van der Waals surface area contributed by atoms with E-state index < -0.39 is 0 Å². The van der Waals surface area contributed by atoms with Crippen molar-refractivity contribution in [2.24, 2.45) is 0 Å². The fourth-order valence-electron chi connectivity index (χ4n) is 3.06. The van der Waals surface area contributed by atoms with Crippen LogP contribution in [0.5, 0.6) is 0 Å². The Balaban J connectivity index is 1.39. The summed E-state index contributed by atoms with van der Waals surface area (Å²) < 4.78 is 3.87. The van der Waals surface area contributed by atoms with Crippen LogP contribution >= 0.6 is 0 Å². The van der Waals surface area contributed by atoms with E-state index in [0.717, 1.165) is 24.7 Å². The van der Waals surface area contributed by atoms with Crippen LogP contribution in [0.2, 0.25) is 0 Å². The molecule has 0 aromatic carbocycles. The number of anilines is 1. The van der Waals surface area contributed by atoms with E-state index in [2.05, 4.69) is 14.9 Å². The lowest BCUT2D eigenvalue weighted by Gasteiger charge is -2.35. The third-order valence-electron chi connectivity index (χ3n) is 4.45. The van der Waals surface area contributed by atoms with Gasteiger partial charge >= 0.3 is 0 Å². The molecule has 25 heavy (non-hydrogen) atoms. The zero-order chi connectivity index (χ0) is 17.1. The second-order valence-corrected chi connectivity index (χ2v) is 6.05. The molecule has 1 fully saturated rings. The number of carbonyl (C=O) groups is 1. The van der Waals surface area contributed by atoms with Gasteiger partial charge in [-0.25, -0.2) is 9.97 Å². The molecule has 7 nitrogen and oxygen atoms in total. The fourth-order valence-corrected chi connectivity index (χ4v) is 3.06. The van der Waals surface area contributed by atoms with E-state index in [1.807, 2.05) is 69.2 Å². The first-order valence-corrected chi connectivity index (χ1v) is 8.38. The van der Waals surface area contributed by atoms with Crippen LogP contribution in [0.15, 0.2) is 61.4 Å². The van der Waals surface area contributed by atoms with Gasteiger partial charge in [-0.1, -0.05) is 0 Å². The van der Waals surface area contributed by atoms with Gasteiger partial charge in [0.25, 0.3) is 0 Å². The minimum absolute atomic E-state index is 0.159. The Morgan fingerprint density at radius 2 is 1.52 bits per heavy atom. The van der Waals surface area contributed by atoms with Crippen molar-refractivity contribution < 1.29 is 4.79 Å². The predicted molar refractivity (Wildman–Crippen MR) is 94.6 cm³/mol. The van der Waals surface area contributed by atoms with Crippen LogP contribution < -0.4 is 4.90 Å². The van der Waals surface area contributed by atoms with E-state index in [-0.39, 0.29) is 5.91 Å². The van der Waals surface area contributed by atoms with Gasteiger partial charge in [-0.15, -0.1) is 0 Å². The average Bonchev–Trinajstić information content (AvgIpc) is 3.36. The Bertz CT molecular complexity index is 819. The molecule has 1 aliphatic heterocycles. The van der Waals surface area contributed by atoms with Crippen LogP contribution in [0.25, 0.3) is 5.82 Å². The van der Waals surface area contributed by atoms with E-state index in [1.54, 1.807) is 6.33 Å². The maximum absolute atomic E-state index is 12.4. The maximum atomic E-state index is 12.4. The van der Waals surface area contributed by atoms with E-state index in [4.69, 9.17) is 0 Å². The van der Waals surface area contributed by atoms with Gasteiger partial charge in [0.05, 0.1) is 0 Å². The Labute approximate surface area is 146 Å². The van der Waals surface area contributed by atoms with Crippen molar-refractivity contribution in [1.29, 1.82) is 0 Å². The van der Waals surface area contributed by atoms with Gasteiger partial charge in [0.1, 0.15) is 24.5 Å². The molecule has 0 spiro atoms. The van der Waals surface area contributed by atoms with Gasteiger partial charge in [0.2, 0.25) is 5.91 Å². The standard InChI is InChI=1S/C18H20N6O/c25-18(14-21-5-1-2-6-21)24-11-9-23(10-12-24)17-13-16(19-15-20-17)22-7-3-4-8-22/h1-8,13,15H,9-12,14H2. The first-order valence-electron chi connectivity index (χ1n) is 8.38. The quantitative estimate of drug-likeness (QED) is 0.723. The Hall–Kier alpha value is -3.09. The zero-order valence-corrected chi connectivity index (χ0v) is 13.9. The number of piperazine rings is 1. The molecule has 0 unspecified atom stereocenters. The van der Waals surface area contributed by atoms with E-state index >= 15 is 0 Å². The smallest absolute Gasteiger partial charge is 0.242 e. The van der Waals surface area contributed by atoms with Crippen LogP contribution in [-0.4, -0.2) is 56.1 Å². The number of rotatable bonds is 4. The topological polar surface area (TPSA) is 59.2 Å². The van der Waals surface area contributed by atoms with Gasteiger partial charge in [0, 0.05) is 57.0 Å². The lowest BCUT2D eigenvalue weighted by atomic mass is 10.3. The highest BCUT2D eigenvalue weighted by atomic mass is 16.2. The second kappa shape index (κ2) is 6.80. The lowest BCUT2D eigenvalue weighted by molar-refractivity contribution is -0.132. The van der Waals surface area contributed by atoms with Crippen LogP contribution in [0.4, 0.5) is 5.82 Å². The maximum Gasteiger partial charge on any atom is 0.242 e. The fraction of sp³-hybridized carbons (Fsp3) is 0.278. The van der Waals surface area contributed by atoms with E-state index in [9.17, 15) is 4.79 Å². The molecule has 0 aliphatic carbocycles. The third-order valence-corrected chi connectivity index (χ3v) is 4.45. The summed E-state index contributed by atoms with van der Waals surface area (Å²) in [7, 11) is 0. The summed E-state index contributed by atoms with van der Waals surface area (Å²) in [6, 6.07) is 9.79. The Kier molecular flexibility index (Phi) is 4.20. The molecule has 1 amide bonds. The van der Waals surface area contributed by atoms with Crippen molar-refractivity contribution >= 4 is 11.7 Å². The van der Waals surface area contributed by atoms with E-state index in [0.29, 0.717) is 19.6 Å². The molecular weight excluding hydrogens is 316 g/mol. The zero-order valence-electron chi connectivity index (χ0n) is 13.9. The van der Waals surface area contributed by atoms with Gasteiger partial charge in [0.15, 0.2) is 0 Å². The number of hydrogen-bond donors (Lipinski definition) is 0. The molecule has 1 aliphatic rings. The number of aromatic nitrogens is 4. The molecule has 7 heteroatoms. The predicted octanol–water partition coefficient (Wildman–Crippen LogP) is 1.42. The molecule has 3 aromatic heterocycles. The van der Waals surface area contributed by atoms with Crippen molar-refractivity contribution in [3.05, 3.63) is 61.4 Å². The summed E-state index contributed by atoms with van der Waals surface area (Å²) in [5.74, 6) is 1.91. The van der Waals surface area contributed by atoms with Crippen molar-refractivity contribution in [2.75, 3.05) is 31.1 Å². The summed E-state index contributed by atoms with van der Waals surface area (Å²) in [4.78, 5) is 25.2. The molecule has 0 N–H and O–H groups in total. The van der Waals surface area contributed by atoms with Crippen molar-refractivity contribution in [1.82, 2.24) is 24.0 Å². The normalized spacial score (nSPS) is 14.7. The number of hydrogen-bond acceptors (Lipinski definition) is 4. The Morgan fingerprint density at radius 1 is 0.880 bits per heavy atom. The van der Waals surface area contributed by atoms with Crippen molar-refractivity contribution in [2.45, 2.75) is 6.54 Å². The molecule has 0 bridgehead atoms. The number of nitrogens with zero attached hydrogens (tertiary/aromatic N) is 6. The van der Waals surface area contributed by atoms with Crippen LogP contribution in [0.1, 0.15) is 0 Å². The molecule has 0 atom stereocenters. The molecule has 3 aromatic rings. The second-order valence-electron chi connectivity index (χ2n) is 6.05. The minimum atomic E-state index is 0.159. The number of amides is 1. The molecule has 128 valence electrons.